The molecule has 2 rings (SSSR count). The van der Waals surface area contributed by atoms with E-state index in [0.29, 0.717) is 10.9 Å². The van der Waals surface area contributed by atoms with E-state index < -0.39 is 9.84 Å². The first kappa shape index (κ1) is 16.5. The van der Waals surface area contributed by atoms with Crippen LogP contribution in [0.4, 0.5) is 0 Å². The Kier molecular flexibility index (Phi) is 5.44. The molecular formula is C17H27NO2S. The smallest absolute Gasteiger partial charge is 0.181 e. The van der Waals surface area contributed by atoms with Crippen molar-refractivity contribution < 1.29 is 8.42 Å². The van der Waals surface area contributed by atoms with Crippen LogP contribution in [0.1, 0.15) is 50.2 Å². The van der Waals surface area contributed by atoms with E-state index >= 15 is 0 Å². The first-order chi connectivity index (χ1) is 9.95. The molecule has 21 heavy (non-hydrogen) atoms. The number of nitrogens with one attached hydrogen (secondary N) is 1. The van der Waals surface area contributed by atoms with Crippen molar-refractivity contribution in [3.05, 3.63) is 29.3 Å². The molecule has 2 atom stereocenters. The largest absolute Gasteiger partial charge is 0.314 e. The quantitative estimate of drug-likeness (QED) is 0.907. The van der Waals surface area contributed by atoms with Crippen molar-refractivity contribution in [2.75, 3.05) is 6.54 Å². The average Bonchev–Trinajstić information content (AvgIpc) is 2.48. The number of aryl methyl sites for hydroxylation is 2. The van der Waals surface area contributed by atoms with Gasteiger partial charge in [0.2, 0.25) is 0 Å². The maximum atomic E-state index is 13.0. The van der Waals surface area contributed by atoms with Crippen molar-refractivity contribution in [1.82, 2.24) is 5.32 Å². The molecule has 1 N–H and O–H groups in total. The van der Waals surface area contributed by atoms with Gasteiger partial charge in [0.15, 0.2) is 9.84 Å². The highest BCUT2D eigenvalue weighted by Crippen LogP contribution is 2.30. The predicted molar refractivity (Wildman–Crippen MR) is 87.4 cm³/mol. The number of rotatable bonds is 5. The third-order valence-corrected chi connectivity index (χ3v) is 6.76. The topological polar surface area (TPSA) is 46.2 Å². The fraction of sp³-hybridized carbons (Fsp3) is 0.647. The molecule has 0 spiro atoms. The standard InChI is InChI=1S/C17H27NO2S/c1-4-10-18-15-6-5-7-16(12-15)21(19,20)17-11-13(2)8-9-14(17)3/h8-9,11,15-16,18H,4-7,10,12H2,1-3H3. The third-order valence-electron chi connectivity index (χ3n) is 4.40. The molecule has 0 heterocycles. The van der Waals surface area contributed by atoms with Crippen LogP contribution in [0.25, 0.3) is 0 Å². The number of sulfone groups is 1. The minimum atomic E-state index is -3.21. The Morgan fingerprint density at radius 2 is 2.00 bits per heavy atom. The molecule has 0 aromatic heterocycles. The monoisotopic (exact) mass is 309 g/mol. The Balaban J connectivity index is 2.20. The minimum Gasteiger partial charge on any atom is -0.314 e. The fourth-order valence-corrected chi connectivity index (χ4v) is 5.34. The van der Waals surface area contributed by atoms with E-state index in [4.69, 9.17) is 0 Å². The average molecular weight is 309 g/mol. The second-order valence-electron chi connectivity index (χ2n) is 6.25. The van der Waals surface area contributed by atoms with Crippen LogP contribution in [0.2, 0.25) is 0 Å². The Bertz CT molecular complexity index is 580. The van der Waals surface area contributed by atoms with Crippen molar-refractivity contribution in [2.45, 2.75) is 69.1 Å². The molecule has 3 nitrogen and oxygen atoms in total. The molecule has 1 aromatic carbocycles. The number of benzene rings is 1. The molecule has 0 saturated heterocycles. The molecular weight excluding hydrogens is 282 g/mol. The fourth-order valence-electron chi connectivity index (χ4n) is 3.15. The molecule has 2 unspecified atom stereocenters. The molecule has 1 aliphatic rings. The van der Waals surface area contributed by atoms with Gasteiger partial charge in [-0.2, -0.15) is 0 Å². The Morgan fingerprint density at radius 1 is 1.24 bits per heavy atom. The first-order valence-electron chi connectivity index (χ1n) is 7.99. The highest BCUT2D eigenvalue weighted by Gasteiger charge is 2.33. The number of hydrogen-bond acceptors (Lipinski definition) is 3. The summed E-state index contributed by atoms with van der Waals surface area (Å²) < 4.78 is 25.9. The maximum Gasteiger partial charge on any atom is 0.181 e. The van der Waals surface area contributed by atoms with E-state index in [2.05, 4.69) is 12.2 Å². The van der Waals surface area contributed by atoms with Gasteiger partial charge in [-0.05, 0) is 63.3 Å². The van der Waals surface area contributed by atoms with Gasteiger partial charge in [0.05, 0.1) is 10.1 Å². The molecule has 4 heteroatoms. The van der Waals surface area contributed by atoms with E-state index in [1.165, 1.54) is 0 Å². The summed E-state index contributed by atoms with van der Waals surface area (Å²) in [6.07, 6.45) is 4.72. The van der Waals surface area contributed by atoms with Gasteiger partial charge < -0.3 is 5.32 Å². The SMILES string of the molecule is CCCNC1CCCC(S(=O)(=O)c2cc(C)ccc2C)C1. The van der Waals surface area contributed by atoms with Crippen LogP contribution in [0.3, 0.4) is 0 Å². The van der Waals surface area contributed by atoms with Gasteiger partial charge in [0.1, 0.15) is 0 Å². The predicted octanol–water partition coefficient (Wildman–Crippen LogP) is 3.39. The highest BCUT2D eigenvalue weighted by atomic mass is 32.2. The van der Waals surface area contributed by atoms with Gasteiger partial charge >= 0.3 is 0 Å². The summed E-state index contributed by atoms with van der Waals surface area (Å²) >= 11 is 0. The lowest BCUT2D eigenvalue weighted by atomic mass is 9.95. The Labute approximate surface area is 129 Å². The van der Waals surface area contributed by atoms with Crippen LogP contribution >= 0.6 is 0 Å². The Hall–Kier alpha value is -0.870. The molecule has 0 aliphatic heterocycles. The molecule has 118 valence electrons. The van der Waals surface area contributed by atoms with E-state index in [-0.39, 0.29) is 5.25 Å². The summed E-state index contributed by atoms with van der Waals surface area (Å²) in [7, 11) is -3.21. The lowest BCUT2D eigenvalue weighted by Gasteiger charge is -2.30. The van der Waals surface area contributed by atoms with Gasteiger partial charge in [-0.15, -0.1) is 0 Å². The molecule has 0 amide bonds. The van der Waals surface area contributed by atoms with Gasteiger partial charge in [-0.3, -0.25) is 0 Å². The zero-order valence-electron chi connectivity index (χ0n) is 13.4. The summed E-state index contributed by atoms with van der Waals surface area (Å²) in [6, 6.07) is 6.07. The summed E-state index contributed by atoms with van der Waals surface area (Å²) in [6.45, 7) is 6.95. The van der Waals surface area contributed by atoms with Gasteiger partial charge in [0.25, 0.3) is 0 Å². The van der Waals surface area contributed by atoms with E-state index in [9.17, 15) is 8.42 Å². The minimum absolute atomic E-state index is 0.235. The van der Waals surface area contributed by atoms with Gasteiger partial charge in [-0.25, -0.2) is 8.42 Å². The van der Waals surface area contributed by atoms with Crippen molar-refractivity contribution in [3.8, 4) is 0 Å². The van der Waals surface area contributed by atoms with Crippen LogP contribution in [0.5, 0.6) is 0 Å². The lowest BCUT2D eigenvalue weighted by Crippen LogP contribution is -2.39. The highest BCUT2D eigenvalue weighted by molar-refractivity contribution is 7.92. The van der Waals surface area contributed by atoms with Crippen LogP contribution < -0.4 is 5.32 Å². The van der Waals surface area contributed by atoms with Crippen molar-refractivity contribution in [1.29, 1.82) is 0 Å². The lowest BCUT2D eigenvalue weighted by molar-refractivity contribution is 0.372. The summed E-state index contributed by atoms with van der Waals surface area (Å²) in [5, 5.41) is 3.25. The van der Waals surface area contributed by atoms with Crippen LogP contribution in [0.15, 0.2) is 23.1 Å². The van der Waals surface area contributed by atoms with E-state index in [1.807, 2.05) is 32.0 Å². The first-order valence-corrected chi connectivity index (χ1v) is 9.54. The zero-order chi connectivity index (χ0) is 15.5. The van der Waals surface area contributed by atoms with E-state index in [0.717, 1.165) is 49.8 Å². The van der Waals surface area contributed by atoms with Crippen molar-refractivity contribution in [2.24, 2.45) is 0 Å². The van der Waals surface area contributed by atoms with Crippen LogP contribution in [-0.4, -0.2) is 26.3 Å². The second-order valence-corrected chi connectivity index (χ2v) is 8.45. The van der Waals surface area contributed by atoms with Crippen molar-refractivity contribution >= 4 is 9.84 Å². The number of hydrogen-bond donors (Lipinski definition) is 1. The van der Waals surface area contributed by atoms with Crippen LogP contribution in [-0.2, 0) is 9.84 Å². The van der Waals surface area contributed by atoms with Gasteiger partial charge in [0, 0.05) is 6.04 Å². The van der Waals surface area contributed by atoms with Crippen molar-refractivity contribution in [3.63, 3.8) is 0 Å². The molecule has 0 radical (unpaired) electrons. The molecule has 1 fully saturated rings. The molecule has 0 bridgehead atoms. The molecule has 1 aromatic rings. The summed E-state index contributed by atoms with van der Waals surface area (Å²) in [5.41, 5.74) is 1.87. The molecule has 1 saturated carbocycles. The summed E-state index contributed by atoms with van der Waals surface area (Å²) in [4.78, 5) is 0.531. The Morgan fingerprint density at radius 3 is 2.71 bits per heavy atom. The normalized spacial score (nSPS) is 23.2. The zero-order valence-corrected chi connectivity index (χ0v) is 14.2. The second kappa shape index (κ2) is 6.93. The maximum absolute atomic E-state index is 13.0. The van der Waals surface area contributed by atoms with Gasteiger partial charge in [-0.1, -0.05) is 25.5 Å². The summed E-state index contributed by atoms with van der Waals surface area (Å²) in [5.74, 6) is 0. The van der Waals surface area contributed by atoms with Crippen LogP contribution in [0, 0.1) is 13.8 Å². The molecule has 1 aliphatic carbocycles. The van der Waals surface area contributed by atoms with E-state index in [1.54, 1.807) is 0 Å². The third kappa shape index (κ3) is 3.86.